The molecule has 126 valence electrons. The highest BCUT2D eigenvalue weighted by Crippen LogP contribution is 2.23. The second-order valence-electron chi connectivity index (χ2n) is 7.38. The minimum absolute atomic E-state index is 0.150. The number of rotatable bonds is 2. The summed E-state index contributed by atoms with van der Waals surface area (Å²) >= 11 is 0. The number of carbonyl (C=O) groups excluding carboxylic acids is 2. The number of aliphatic hydroxyl groups is 1. The van der Waals surface area contributed by atoms with Crippen LogP contribution in [0.3, 0.4) is 0 Å². The number of β-amino-alcohol motifs (C(OH)–C–C–N with tert-alkyl or cyclic N) is 1. The van der Waals surface area contributed by atoms with Gasteiger partial charge in [0.2, 0.25) is 5.91 Å². The molecule has 2 aliphatic rings. The zero-order valence-corrected chi connectivity index (χ0v) is 13.8. The summed E-state index contributed by atoms with van der Waals surface area (Å²) in [4.78, 5) is 26.0. The van der Waals surface area contributed by atoms with Gasteiger partial charge in [-0.25, -0.2) is 4.79 Å². The first kappa shape index (κ1) is 17.1. The molecule has 22 heavy (non-hydrogen) atoms. The second-order valence-corrected chi connectivity index (χ2v) is 7.38. The average molecular weight is 312 g/mol. The normalized spacial score (nSPS) is 26.8. The molecule has 6 nitrogen and oxygen atoms in total. The molecule has 1 aliphatic heterocycles. The number of hydrogen-bond acceptors (Lipinski definition) is 4. The van der Waals surface area contributed by atoms with Crippen molar-refractivity contribution in [2.75, 3.05) is 6.54 Å². The summed E-state index contributed by atoms with van der Waals surface area (Å²) in [6.45, 7) is 5.51. The van der Waals surface area contributed by atoms with E-state index in [9.17, 15) is 14.7 Å². The number of hydrogen-bond donors (Lipinski definition) is 2. The van der Waals surface area contributed by atoms with E-state index in [1.165, 1.54) is 11.3 Å². The van der Waals surface area contributed by atoms with E-state index in [0.29, 0.717) is 0 Å². The standard InChI is InChI=1S/C16H28N2O4/c1-16(2,3)22-15(21)18-10-12(19)9-13(18)14(20)17-11-7-5-4-6-8-11/h11-13,19H,4-10H2,1-3H3,(H,17,20)/t12-,13-/m1/s1. The Bertz CT molecular complexity index is 413. The first-order valence-corrected chi connectivity index (χ1v) is 8.24. The van der Waals surface area contributed by atoms with Crippen molar-refractivity contribution in [1.82, 2.24) is 10.2 Å². The van der Waals surface area contributed by atoms with Crippen LogP contribution in [0.15, 0.2) is 0 Å². The molecule has 1 heterocycles. The van der Waals surface area contributed by atoms with Crippen LogP contribution < -0.4 is 5.32 Å². The number of aliphatic hydroxyl groups excluding tert-OH is 1. The molecule has 0 aromatic rings. The van der Waals surface area contributed by atoms with Crippen LogP contribution in [-0.4, -0.2) is 52.3 Å². The van der Waals surface area contributed by atoms with Crippen molar-refractivity contribution in [3.63, 3.8) is 0 Å². The number of likely N-dealkylation sites (tertiary alicyclic amines) is 1. The molecule has 6 heteroatoms. The predicted molar refractivity (Wildman–Crippen MR) is 82.4 cm³/mol. The Labute approximate surface area is 132 Å². The van der Waals surface area contributed by atoms with E-state index in [0.717, 1.165) is 25.7 Å². The van der Waals surface area contributed by atoms with Gasteiger partial charge < -0.3 is 15.2 Å². The van der Waals surface area contributed by atoms with Crippen molar-refractivity contribution in [3.8, 4) is 0 Å². The summed E-state index contributed by atoms with van der Waals surface area (Å²) in [7, 11) is 0. The lowest BCUT2D eigenvalue weighted by atomic mass is 9.95. The first-order chi connectivity index (χ1) is 10.3. The molecule has 0 radical (unpaired) electrons. The molecule has 2 rings (SSSR count). The fraction of sp³-hybridized carbons (Fsp3) is 0.875. The van der Waals surface area contributed by atoms with E-state index in [1.807, 2.05) is 0 Å². The van der Waals surface area contributed by atoms with Gasteiger partial charge in [0.1, 0.15) is 11.6 Å². The Kier molecular flexibility index (Phi) is 5.32. The summed E-state index contributed by atoms with van der Waals surface area (Å²) in [6.07, 6.45) is 4.54. The first-order valence-electron chi connectivity index (χ1n) is 8.24. The Morgan fingerprint density at radius 2 is 1.82 bits per heavy atom. The topological polar surface area (TPSA) is 78.9 Å². The highest BCUT2D eigenvalue weighted by atomic mass is 16.6. The number of amides is 2. The molecule has 2 N–H and O–H groups in total. The van der Waals surface area contributed by atoms with Gasteiger partial charge in [-0.1, -0.05) is 19.3 Å². The largest absolute Gasteiger partial charge is 0.444 e. The molecular weight excluding hydrogens is 284 g/mol. The van der Waals surface area contributed by atoms with E-state index in [4.69, 9.17) is 4.74 Å². The van der Waals surface area contributed by atoms with Crippen molar-refractivity contribution in [2.45, 2.75) is 83.1 Å². The number of carbonyl (C=O) groups is 2. The summed E-state index contributed by atoms with van der Waals surface area (Å²) < 4.78 is 5.34. The van der Waals surface area contributed by atoms with Gasteiger partial charge in [-0.15, -0.1) is 0 Å². The monoisotopic (exact) mass is 312 g/mol. The smallest absolute Gasteiger partial charge is 0.411 e. The summed E-state index contributed by atoms with van der Waals surface area (Å²) in [5.74, 6) is -0.172. The molecule has 2 atom stereocenters. The molecule has 1 aliphatic carbocycles. The van der Waals surface area contributed by atoms with Crippen LogP contribution in [0.4, 0.5) is 4.79 Å². The minimum Gasteiger partial charge on any atom is -0.444 e. The van der Waals surface area contributed by atoms with Crippen LogP contribution in [0, 0.1) is 0 Å². The van der Waals surface area contributed by atoms with Crippen molar-refractivity contribution < 1.29 is 19.4 Å². The van der Waals surface area contributed by atoms with E-state index < -0.39 is 23.8 Å². The fourth-order valence-electron chi connectivity index (χ4n) is 3.13. The molecule has 0 aromatic heterocycles. The molecule has 2 amide bonds. The average Bonchev–Trinajstić information content (AvgIpc) is 2.80. The maximum Gasteiger partial charge on any atom is 0.411 e. The van der Waals surface area contributed by atoms with E-state index in [-0.39, 0.29) is 24.9 Å². The van der Waals surface area contributed by atoms with Crippen molar-refractivity contribution >= 4 is 12.0 Å². The maximum absolute atomic E-state index is 12.5. The fourth-order valence-corrected chi connectivity index (χ4v) is 3.13. The van der Waals surface area contributed by atoms with Gasteiger partial charge in [-0.2, -0.15) is 0 Å². The quantitative estimate of drug-likeness (QED) is 0.815. The Morgan fingerprint density at radius 3 is 2.41 bits per heavy atom. The van der Waals surface area contributed by atoms with Crippen LogP contribution in [-0.2, 0) is 9.53 Å². The van der Waals surface area contributed by atoms with Gasteiger partial charge in [0.15, 0.2) is 0 Å². The summed E-state index contributed by atoms with van der Waals surface area (Å²) in [6, 6.07) is -0.439. The van der Waals surface area contributed by atoms with Crippen molar-refractivity contribution in [1.29, 1.82) is 0 Å². The number of nitrogens with one attached hydrogen (secondary N) is 1. The predicted octanol–water partition coefficient (Wildman–Crippen LogP) is 1.81. The molecule has 0 spiro atoms. The molecule has 1 saturated carbocycles. The zero-order chi connectivity index (χ0) is 16.3. The number of nitrogens with zero attached hydrogens (tertiary/aromatic N) is 1. The minimum atomic E-state index is -0.672. The van der Waals surface area contributed by atoms with E-state index in [1.54, 1.807) is 20.8 Å². The van der Waals surface area contributed by atoms with Gasteiger partial charge in [0.05, 0.1) is 12.6 Å². The summed E-state index contributed by atoms with van der Waals surface area (Å²) in [5, 5.41) is 12.9. The third kappa shape index (κ3) is 4.60. The third-order valence-corrected chi connectivity index (χ3v) is 4.16. The molecule has 0 aromatic carbocycles. The highest BCUT2D eigenvalue weighted by molar-refractivity contribution is 5.86. The Morgan fingerprint density at radius 1 is 1.18 bits per heavy atom. The lowest BCUT2D eigenvalue weighted by molar-refractivity contribution is -0.126. The second kappa shape index (κ2) is 6.86. The van der Waals surface area contributed by atoms with Gasteiger partial charge in [0.25, 0.3) is 0 Å². The van der Waals surface area contributed by atoms with Gasteiger partial charge in [-0.05, 0) is 33.6 Å². The molecule has 0 bridgehead atoms. The number of ether oxygens (including phenoxy) is 1. The van der Waals surface area contributed by atoms with Crippen LogP contribution in [0.2, 0.25) is 0 Å². The third-order valence-electron chi connectivity index (χ3n) is 4.16. The molecule has 0 unspecified atom stereocenters. The zero-order valence-electron chi connectivity index (χ0n) is 13.8. The lowest BCUT2D eigenvalue weighted by Crippen LogP contribution is -2.50. The maximum atomic E-state index is 12.5. The SMILES string of the molecule is CC(C)(C)OC(=O)N1C[C@H](O)C[C@@H]1C(=O)NC1CCCCC1. The molecule has 2 fully saturated rings. The molecule has 1 saturated heterocycles. The van der Waals surface area contributed by atoms with Crippen LogP contribution >= 0.6 is 0 Å². The molecular formula is C16H28N2O4. The van der Waals surface area contributed by atoms with Crippen LogP contribution in [0.1, 0.15) is 59.3 Å². The van der Waals surface area contributed by atoms with Gasteiger partial charge in [0, 0.05) is 12.5 Å². The highest BCUT2D eigenvalue weighted by Gasteiger charge is 2.41. The van der Waals surface area contributed by atoms with E-state index >= 15 is 0 Å². The van der Waals surface area contributed by atoms with Crippen LogP contribution in [0.5, 0.6) is 0 Å². The van der Waals surface area contributed by atoms with Gasteiger partial charge >= 0.3 is 6.09 Å². The Hall–Kier alpha value is -1.30. The summed E-state index contributed by atoms with van der Waals surface area (Å²) in [5.41, 5.74) is -0.616. The van der Waals surface area contributed by atoms with Crippen molar-refractivity contribution in [2.24, 2.45) is 0 Å². The van der Waals surface area contributed by atoms with E-state index in [2.05, 4.69) is 5.32 Å². The van der Waals surface area contributed by atoms with Crippen LogP contribution in [0.25, 0.3) is 0 Å². The lowest BCUT2D eigenvalue weighted by Gasteiger charge is -2.29. The van der Waals surface area contributed by atoms with Gasteiger partial charge in [-0.3, -0.25) is 9.69 Å². The Balaban J connectivity index is 1.97. The van der Waals surface area contributed by atoms with Crippen molar-refractivity contribution in [3.05, 3.63) is 0 Å².